The van der Waals surface area contributed by atoms with Crippen molar-refractivity contribution >= 4 is 27.5 Å². The van der Waals surface area contributed by atoms with Gasteiger partial charge in [-0.1, -0.05) is 60.4 Å². The molecule has 0 bridgehead atoms. The van der Waals surface area contributed by atoms with Crippen LogP contribution >= 0.6 is 0 Å². The van der Waals surface area contributed by atoms with Gasteiger partial charge in [0.25, 0.3) is 0 Å². The van der Waals surface area contributed by atoms with Gasteiger partial charge in [0.05, 0.1) is 11.9 Å². The molecule has 1 atom stereocenters. The average Bonchev–Trinajstić information content (AvgIpc) is 3.29. The summed E-state index contributed by atoms with van der Waals surface area (Å²) in [5, 5.41) is 3.07. The molecule has 184 valence electrons. The predicted molar refractivity (Wildman–Crippen MR) is 135 cm³/mol. The molecule has 1 aliphatic carbocycles. The van der Waals surface area contributed by atoms with Crippen LogP contribution in [0.2, 0.25) is 0 Å². The molecule has 2 aromatic carbocycles. The molecule has 2 amide bonds. The molecule has 0 spiro atoms. The van der Waals surface area contributed by atoms with E-state index in [0.717, 1.165) is 52.9 Å². The second kappa shape index (κ2) is 11.0. The summed E-state index contributed by atoms with van der Waals surface area (Å²) in [6.07, 6.45) is 5.15. The molecule has 0 aromatic heterocycles. The summed E-state index contributed by atoms with van der Waals surface area (Å²) in [6.45, 7) is 5.43. The fraction of sp³-hybridized carbons (Fsp3) is 0.462. The Morgan fingerprint density at radius 3 is 2.03 bits per heavy atom. The molecule has 8 heteroatoms. The lowest BCUT2D eigenvalue weighted by molar-refractivity contribution is -0.139. The van der Waals surface area contributed by atoms with Crippen molar-refractivity contribution in [2.24, 2.45) is 0 Å². The molecule has 0 unspecified atom stereocenters. The third kappa shape index (κ3) is 6.82. The first-order chi connectivity index (χ1) is 16.0. The number of carbonyl (C=O) groups excluding carboxylic acids is 2. The molecule has 34 heavy (non-hydrogen) atoms. The number of hydrogen-bond donors (Lipinski definition) is 1. The summed E-state index contributed by atoms with van der Waals surface area (Å²) >= 11 is 0. The molecular formula is C26H35N3O4S. The molecule has 1 saturated carbocycles. The Morgan fingerprint density at radius 2 is 1.50 bits per heavy atom. The minimum absolute atomic E-state index is 0.131. The van der Waals surface area contributed by atoms with Gasteiger partial charge in [-0.3, -0.25) is 13.9 Å². The highest BCUT2D eigenvalue weighted by Crippen LogP contribution is 2.21. The second-order valence-electron chi connectivity index (χ2n) is 9.28. The molecule has 0 aliphatic heterocycles. The maximum Gasteiger partial charge on any atom is 0.244 e. The van der Waals surface area contributed by atoms with E-state index in [0.29, 0.717) is 5.69 Å². The summed E-state index contributed by atoms with van der Waals surface area (Å²) in [5.74, 6) is -0.644. The quantitative estimate of drug-likeness (QED) is 0.589. The van der Waals surface area contributed by atoms with Crippen LogP contribution in [-0.2, 0) is 26.2 Å². The van der Waals surface area contributed by atoms with E-state index in [1.165, 1.54) is 4.90 Å². The lowest BCUT2D eigenvalue weighted by Gasteiger charge is -2.32. The smallest absolute Gasteiger partial charge is 0.244 e. The van der Waals surface area contributed by atoms with Crippen LogP contribution in [0.25, 0.3) is 0 Å². The van der Waals surface area contributed by atoms with Crippen LogP contribution in [0.15, 0.2) is 48.5 Å². The molecule has 1 N–H and O–H groups in total. The van der Waals surface area contributed by atoms with Crippen LogP contribution in [0.3, 0.4) is 0 Å². The van der Waals surface area contributed by atoms with E-state index in [9.17, 15) is 18.0 Å². The summed E-state index contributed by atoms with van der Waals surface area (Å²) in [4.78, 5) is 28.1. The van der Waals surface area contributed by atoms with E-state index in [4.69, 9.17) is 0 Å². The van der Waals surface area contributed by atoms with Gasteiger partial charge >= 0.3 is 0 Å². The van der Waals surface area contributed by atoms with Crippen molar-refractivity contribution in [2.45, 2.75) is 65.1 Å². The van der Waals surface area contributed by atoms with E-state index in [2.05, 4.69) is 5.32 Å². The van der Waals surface area contributed by atoms with Gasteiger partial charge in [-0.2, -0.15) is 0 Å². The number of anilines is 1. The highest BCUT2D eigenvalue weighted by Gasteiger charge is 2.31. The molecule has 3 rings (SSSR count). The zero-order chi connectivity index (χ0) is 24.9. The lowest BCUT2D eigenvalue weighted by atomic mass is 10.1. The van der Waals surface area contributed by atoms with Gasteiger partial charge < -0.3 is 10.2 Å². The fourth-order valence-corrected chi connectivity index (χ4v) is 5.04. The van der Waals surface area contributed by atoms with Crippen molar-refractivity contribution < 1.29 is 18.0 Å². The zero-order valence-corrected chi connectivity index (χ0v) is 21.3. The first kappa shape index (κ1) is 25.7. The van der Waals surface area contributed by atoms with Gasteiger partial charge in [-0.15, -0.1) is 0 Å². The lowest BCUT2D eigenvalue weighted by Crippen LogP contribution is -2.52. The average molecular weight is 486 g/mol. The van der Waals surface area contributed by atoms with E-state index in [1.807, 2.05) is 38.1 Å². The normalized spacial score (nSPS) is 15.1. The first-order valence-electron chi connectivity index (χ1n) is 11.7. The van der Waals surface area contributed by atoms with Gasteiger partial charge in [0.2, 0.25) is 21.8 Å². The van der Waals surface area contributed by atoms with Gasteiger partial charge in [-0.25, -0.2) is 8.42 Å². The Labute approximate surface area is 203 Å². The monoisotopic (exact) mass is 485 g/mol. The number of sulfonamides is 1. The first-order valence-corrected chi connectivity index (χ1v) is 13.6. The van der Waals surface area contributed by atoms with E-state index >= 15 is 0 Å². The van der Waals surface area contributed by atoms with Crippen molar-refractivity contribution in [3.8, 4) is 0 Å². The fourth-order valence-electron chi connectivity index (χ4n) is 4.19. The molecule has 0 saturated heterocycles. The van der Waals surface area contributed by atoms with Crippen LogP contribution in [0, 0.1) is 13.8 Å². The highest BCUT2D eigenvalue weighted by atomic mass is 32.2. The van der Waals surface area contributed by atoms with Crippen LogP contribution in [0.1, 0.15) is 49.3 Å². The number of hydrogen-bond acceptors (Lipinski definition) is 4. The minimum atomic E-state index is -3.72. The van der Waals surface area contributed by atoms with Gasteiger partial charge in [-0.05, 0) is 51.3 Å². The molecule has 1 aliphatic rings. The Balaban J connectivity index is 1.86. The molecular weight excluding hydrogens is 450 g/mol. The third-order valence-electron chi connectivity index (χ3n) is 6.34. The number of carbonyl (C=O) groups is 2. The molecule has 2 aromatic rings. The molecule has 0 heterocycles. The molecule has 7 nitrogen and oxygen atoms in total. The summed E-state index contributed by atoms with van der Waals surface area (Å²) in [7, 11) is -3.72. The topological polar surface area (TPSA) is 86.8 Å². The van der Waals surface area contributed by atoms with Crippen molar-refractivity contribution in [3.05, 3.63) is 65.2 Å². The Morgan fingerprint density at radius 1 is 0.971 bits per heavy atom. The van der Waals surface area contributed by atoms with E-state index < -0.39 is 22.0 Å². The van der Waals surface area contributed by atoms with Crippen molar-refractivity contribution in [2.75, 3.05) is 17.1 Å². The Kier molecular flexibility index (Phi) is 8.36. The number of nitrogens with zero attached hydrogens (tertiary/aromatic N) is 2. The highest BCUT2D eigenvalue weighted by molar-refractivity contribution is 7.92. The number of aryl methyl sites for hydroxylation is 2. The summed E-state index contributed by atoms with van der Waals surface area (Å²) in [6, 6.07) is 14.1. The number of rotatable bonds is 9. The second-order valence-corrected chi connectivity index (χ2v) is 11.2. The summed E-state index contributed by atoms with van der Waals surface area (Å²) < 4.78 is 26.3. The molecule has 1 fully saturated rings. The standard InChI is InChI=1S/C26H35N3O4S/c1-19-9-13-22(14-10-19)17-28(21(3)26(31)27-23-7-5-6-8-23)25(30)18-29(34(4,32)33)24-15-11-20(2)12-16-24/h9-16,21,23H,5-8,17-18H2,1-4H3,(H,27,31)/t21-/m0/s1. The van der Waals surface area contributed by atoms with Crippen LogP contribution in [-0.4, -0.2) is 50.0 Å². The van der Waals surface area contributed by atoms with Crippen molar-refractivity contribution in [1.29, 1.82) is 0 Å². The number of nitrogens with one attached hydrogen (secondary N) is 1. The van der Waals surface area contributed by atoms with E-state index in [1.54, 1.807) is 31.2 Å². The third-order valence-corrected chi connectivity index (χ3v) is 7.48. The maximum absolute atomic E-state index is 13.5. The largest absolute Gasteiger partial charge is 0.352 e. The van der Waals surface area contributed by atoms with Crippen LogP contribution in [0.4, 0.5) is 5.69 Å². The van der Waals surface area contributed by atoms with Gasteiger partial charge in [0, 0.05) is 12.6 Å². The summed E-state index contributed by atoms with van der Waals surface area (Å²) in [5.41, 5.74) is 3.37. The maximum atomic E-state index is 13.5. The number of amides is 2. The van der Waals surface area contributed by atoms with Crippen molar-refractivity contribution in [3.63, 3.8) is 0 Å². The SMILES string of the molecule is Cc1ccc(CN(C(=O)CN(c2ccc(C)cc2)S(C)(=O)=O)[C@@H](C)C(=O)NC2CCCC2)cc1. The van der Waals surface area contributed by atoms with Crippen molar-refractivity contribution in [1.82, 2.24) is 10.2 Å². The zero-order valence-electron chi connectivity index (χ0n) is 20.5. The minimum Gasteiger partial charge on any atom is -0.352 e. The van der Waals surface area contributed by atoms with Gasteiger partial charge in [0.1, 0.15) is 12.6 Å². The van der Waals surface area contributed by atoms with Crippen LogP contribution in [0.5, 0.6) is 0 Å². The Bertz CT molecular complexity index is 1090. The Hall–Kier alpha value is -2.87. The van der Waals surface area contributed by atoms with E-state index in [-0.39, 0.29) is 25.0 Å². The number of benzene rings is 2. The van der Waals surface area contributed by atoms with Crippen LogP contribution < -0.4 is 9.62 Å². The molecule has 0 radical (unpaired) electrons. The van der Waals surface area contributed by atoms with Gasteiger partial charge in [0.15, 0.2) is 0 Å². The predicted octanol–water partition coefficient (Wildman–Crippen LogP) is 3.55.